The molecular weight excluding hydrogens is 923 g/mol. The molecule has 19 heteroatoms. The third-order valence-electron chi connectivity index (χ3n) is 10.6. The second-order valence-corrected chi connectivity index (χ2v) is 21.4. The summed E-state index contributed by atoms with van der Waals surface area (Å²) in [5, 5.41) is 10.8. The second-order valence-electron chi connectivity index (χ2n) is 18.1. The van der Waals surface area contributed by atoms with Gasteiger partial charge in [0.25, 0.3) is 5.91 Å². The minimum atomic E-state index is -3.82. The van der Waals surface area contributed by atoms with Crippen LogP contribution in [-0.4, -0.2) is 62.9 Å². The van der Waals surface area contributed by atoms with E-state index in [9.17, 15) is 35.7 Å². The number of pyridine rings is 4. The highest BCUT2D eigenvalue weighted by atomic mass is 32.2. The van der Waals surface area contributed by atoms with Gasteiger partial charge in [-0.2, -0.15) is 5.26 Å². The van der Waals surface area contributed by atoms with Gasteiger partial charge in [-0.15, -0.1) is 0 Å². The Morgan fingerprint density at radius 3 is 1.46 bits per heavy atom. The van der Waals surface area contributed by atoms with E-state index in [4.69, 9.17) is 5.73 Å². The maximum Gasteiger partial charge on any atom is 0.251 e. The van der Waals surface area contributed by atoms with Crippen LogP contribution in [0.15, 0.2) is 120 Å². The van der Waals surface area contributed by atoms with Crippen LogP contribution in [0.4, 0.5) is 8.78 Å². The Hall–Kier alpha value is -7.24. The number of rotatable bonds is 11. The third kappa shape index (κ3) is 10.3. The van der Waals surface area contributed by atoms with Crippen LogP contribution < -0.4 is 15.2 Å². The number of benzene rings is 2. The average molecular weight is 973 g/mol. The van der Waals surface area contributed by atoms with Crippen molar-refractivity contribution >= 4 is 47.8 Å². The van der Waals surface area contributed by atoms with Crippen molar-refractivity contribution in [1.29, 1.82) is 5.26 Å². The predicted molar refractivity (Wildman–Crippen MR) is 261 cm³/mol. The van der Waals surface area contributed by atoms with Gasteiger partial charge in [-0.05, 0) is 138 Å². The summed E-state index contributed by atoms with van der Waals surface area (Å²) in [5.41, 5.74) is 8.26. The molecule has 0 saturated heterocycles. The summed E-state index contributed by atoms with van der Waals surface area (Å²) in [5.74, 6) is -0.600. The molecule has 356 valence electrons. The van der Waals surface area contributed by atoms with Crippen molar-refractivity contribution in [3.8, 4) is 40.5 Å². The number of carbonyl (C=O) groups is 1. The molecule has 0 spiro atoms. The largest absolute Gasteiger partial charge is 0.366 e. The van der Waals surface area contributed by atoms with E-state index in [0.29, 0.717) is 74.5 Å². The first-order chi connectivity index (χ1) is 32.5. The molecule has 0 bridgehead atoms. The van der Waals surface area contributed by atoms with E-state index in [1.807, 2.05) is 19.9 Å². The van der Waals surface area contributed by atoms with Crippen LogP contribution in [0, 0.1) is 23.0 Å². The molecule has 0 aliphatic heterocycles. The minimum absolute atomic E-state index is 0.00416. The fraction of sp³-hybridized carbons (Fsp3) is 0.240. The number of fused-ring (bicyclic) bond motifs is 2. The number of aryl methyl sites for hydroxylation is 2. The number of halogens is 2. The molecule has 4 N–H and O–H groups in total. The second kappa shape index (κ2) is 19.0. The Morgan fingerprint density at radius 2 is 1.09 bits per heavy atom. The van der Waals surface area contributed by atoms with Crippen molar-refractivity contribution in [3.05, 3.63) is 144 Å². The van der Waals surface area contributed by atoms with Gasteiger partial charge in [0.05, 0.1) is 44.9 Å². The first-order valence-corrected chi connectivity index (χ1v) is 24.7. The number of amides is 1. The van der Waals surface area contributed by atoms with Gasteiger partial charge in [-0.25, -0.2) is 45.0 Å². The fourth-order valence-electron chi connectivity index (χ4n) is 7.82. The lowest BCUT2D eigenvalue weighted by Gasteiger charge is -2.20. The topological polar surface area (TPSA) is 221 Å². The molecule has 0 saturated carbocycles. The molecular formula is C50H50F2N10O5S2. The number of sulfonamides is 2. The summed E-state index contributed by atoms with van der Waals surface area (Å²) in [6.07, 6.45) is 6.62. The molecule has 2 aromatic carbocycles. The zero-order valence-electron chi connectivity index (χ0n) is 39.1. The third-order valence-corrected chi connectivity index (χ3v) is 14.1. The van der Waals surface area contributed by atoms with Crippen LogP contribution in [0.2, 0.25) is 0 Å². The standard InChI is InChI=1S/C25H26FN5O3S.C25H24FN5O2S/c1-5-15-12-20-17(13-18(15)26)22(24(27)32)23(31(20)21-8-6-7-11-28-21)19-10-9-16(14-29-19)35(33,34)30-25(2,3)4;1-5-16-12-22-18(13-20(16)26)19(14-27)24(31(22)23-8-6-7-11-28-23)21-10-9-17(15-29-21)34(32,33)30-25(2,3)4/h6-14,30H,5H2,1-4H3,(H2,27,32);6-13,15,30H,5H2,1-4H3. The lowest BCUT2D eigenvalue weighted by molar-refractivity contribution is 0.100. The minimum Gasteiger partial charge on any atom is -0.366 e. The van der Waals surface area contributed by atoms with Crippen LogP contribution in [0.5, 0.6) is 0 Å². The molecule has 69 heavy (non-hydrogen) atoms. The van der Waals surface area contributed by atoms with Crippen molar-refractivity contribution in [2.24, 2.45) is 5.73 Å². The highest BCUT2D eigenvalue weighted by Crippen LogP contribution is 2.38. The number of nitriles is 1. The lowest BCUT2D eigenvalue weighted by Crippen LogP contribution is -2.40. The maximum atomic E-state index is 14.8. The molecule has 8 aromatic rings. The monoisotopic (exact) mass is 972 g/mol. The van der Waals surface area contributed by atoms with Crippen LogP contribution in [0.25, 0.3) is 56.2 Å². The van der Waals surface area contributed by atoms with Crippen LogP contribution in [0.3, 0.4) is 0 Å². The zero-order chi connectivity index (χ0) is 50.2. The number of nitrogens with zero attached hydrogens (tertiary/aromatic N) is 7. The van der Waals surface area contributed by atoms with Gasteiger partial charge in [0.15, 0.2) is 0 Å². The van der Waals surface area contributed by atoms with Crippen LogP contribution in [0.1, 0.15) is 82.4 Å². The van der Waals surface area contributed by atoms with Gasteiger partial charge in [-0.3, -0.25) is 23.9 Å². The zero-order valence-corrected chi connectivity index (χ0v) is 40.8. The van der Waals surface area contributed by atoms with E-state index in [-0.39, 0.29) is 32.4 Å². The molecule has 8 rings (SSSR count). The summed E-state index contributed by atoms with van der Waals surface area (Å²) in [7, 11) is -7.60. The highest BCUT2D eigenvalue weighted by Gasteiger charge is 2.29. The van der Waals surface area contributed by atoms with E-state index in [1.165, 1.54) is 42.7 Å². The summed E-state index contributed by atoms with van der Waals surface area (Å²) in [6, 6.07) is 24.8. The molecule has 0 unspecified atom stereocenters. The van der Waals surface area contributed by atoms with Crippen molar-refractivity contribution in [3.63, 3.8) is 0 Å². The molecule has 0 aliphatic carbocycles. The summed E-state index contributed by atoms with van der Waals surface area (Å²) >= 11 is 0. The van der Waals surface area contributed by atoms with Crippen molar-refractivity contribution in [2.45, 2.75) is 89.1 Å². The maximum absolute atomic E-state index is 14.8. The molecule has 1 amide bonds. The average Bonchev–Trinajstić information content (AvgIpc) is 3.79. The first kappa shape index (κ1) is 49.7. The smallest absolute Gasteiger partial charge is 0.251 e. The Kier molecular flexibility index (Phi) is 13.7. The van der Waals surface area contributed by atoms with Crippen molar-refractivity contribution in [2.75, 3.05) is 0 Å². The normalized spacial score (nSPS) is 12.2. The first-order valence-electron chi connectivity index (χ1n) is 21.8. The molecule has 6 heterocycles. The molecule has 0 fully saturated rings. The molecule has 0 aliphatic rings. The summed E-state index contributed by atoms with van der Waals surface area (Å²) < 4.78 is 88.9. The number of hydrogen-bond acceptors (Lipinski definition) is 10. The summed E-state index contributed by atoms with van der Waals surface area (Å²) in [6.45, 7) is 14.2. The Bertz CT molecular complexity index is 3510. The summed E-state index contributed by atoms with van der Waals surface area (Å²) in [4.78, 5) is 30.2. The van der Waals surface area contributed by atoms with Gasteiger partial charge in [0.2, 0.25) is 20.0 Å². The SMILES string of the molecule is CCc1cc2c(cc1F)c(C#N)c(-c1ccc(S(=O)(=O)NC(C)(C)C)cn1)n2-c1ccccn1.CCc1cc2c(cc1F)c(C(N)=O)c(-c1ccc(S(=O)(=O)NC(C)(C)C)cn1)n2-c1ccccn1. The van der Waals surface area contributed by atoms with E-state index < -0.39 is 42.8 Å². The predicted octanol–water partition coefficient (Wildman–Crippen LogP) is 8.70. The molecule has 6 aromatic heterocycles. The highest BCUT2D eigenvalue weighted by molar-refractivity contribution is 7.89. The van der Waals surface area contributed by atoms with Crippen molar-refractivity contribution < 1.29 is 30.4 Å². The Morgan fingerprint density at radius 1 is 0.652 bits per heavy atom. The number of nitrogens with two attached hydrogens (primary N) is 1. The van der Waals surface area contributed by atoms with E-state index in [0.717, 1.165) is 0 Å². The van der Waals surface area contributed by atoms with Crippen molar-refractivity contribution in [1.82, 2.24) is 38.5 Å². The van der Waals surface area contributed by atoms with Gasteiger partial charge in [0, 0.05) is 46.6 Å². The number of hydrogen-bond donors (Lipinski definition) is 3. The van der Waals surface area contributed by atoms with Gasteiger partial charge in [-0.1, -0.05) is 26.0 Å². The quantitative estimate of drug-likeness (QED) is 0.112. The fourth-order valence-corrected chi connectivity index (χ4v) is 10.5. The number of carbonyl (C=O) groups excluding carboxylic acids is 1. The number of primary amides is 1. The van der Waals surface area contributed by atoms with Gasteiger partial charge >= 0.3 is 0 Å². The van der Waals surface area contributed by atoms with Gasteiger partial charge < -0.3 is 5.73 Å². The lowest BCUT2D eigenvalue weighted by atomic mass is 10.0. The van der Waals surface area contributed by atoms with E-state index >= 15 is 0 Å². The van der Waals surface area contributed by atoms with E-state index in [2.05, 4.69) is 35.4 Å². The Balaban J connectivity index is 0.000000204. The Labute approximate surface area is 399 Å². The van der Waals surface area contributed by atoms with Crippen LogP contribution in [-0.2, 0) is 32.9 Å². The number of aromatic nitrogens is 6. The molecule has 0 radical (unpaired) electrons. The molecule has 15 nitrogen and oxygen atoms in total. The number of nitrogens with one attached hydrogen (secondary N) is 2. The van der Waals surface area contributed by atoms with E-state index in [1.54, 1.807) is 112 Å². The van der Waals surface area contributed by atoms with Crippen LogP contribution >= 0.6 is 0 Å². The molecule has 0 atom stereocenters. The van der Waals surface area contributed by atoms with Gasteiger partial charge in [0.1, 0.15) is 39.1 Å².